The summed E-state index contributed by atoms with van der Waals surface area (Å²) in [5.74, 6) is -0.594. The number of sulfonamides is 1. The van der Waals surface area contributed by atoms with Crippen LogP contribution in [-0.2, 0) is 19.9 Å². The van der Waals surface area contributed by atoms with Crippen LogP contribution in [0.15, 0.2) is 64.9 Å². The standard InChI is InChI=1S/C22H26N2O5S2/c1-4-23(5-2)31(28,29)21-12-8-18(9-13-21)22(25)24(19-10-6-17(3)7-11-19)20-14-15-30(26,27)16-20/h6-15,20H,4-5,16H2,1-3H3/t20-/m1/s1. The van der Waals surface area contributed by atoms with Gasteiger partial charge in [-0.1, -0.05) is 31.5 Å². The number of hydrogen-bond acceptors (Lipinski definition) is 5. The molecule has 0 bridgehead atoms. The van der Waals surface area contributed by atoms with E-state index in [1.54, 1.807) is 26.0 Å². The van der Waals surface area contributed by atoms with E-state index in [9.17, 15) is 21.6 Å². The third kappa shape index (κ3) is 4.89. The minimum Gasteiger partial charge on any atom is -0.300 e. The molecule has 0 unspecified atom stereocenters. The third-order valence-corrected chi connectivity index (χ3v) is 8.66. The molecular weight excluding hydrogens is 436 g/mol. The van der Waals surface area contributed by atoms with Gasteiger partial charge in [-0.2, -0.15) is 4.31 Å². The fourth-order valence-corrected chi connectivity index (χ4v) is 6.23. The van der Waals surface area contributed by atoms with Crippen molar-refractivity contribution in [2.24, 2.45) is 0 Å². The van der Waals surface area contributed by atoms with Gasteiger partial charge in [-0.05, 0) is 49.4 Å². The molecule has 9 heteroatoms. The van der Waals surface area contributed by atoms with Crippen LogP contribution in [0.25, 0.3) is 0 Å². The summed E-state index contributed by atoms with van der Waals surface area (Å²) < 4.78 is 50.7. The van der Waals surface area contributed by atoms with Crippen LogP contribution < -0.4 is 4.90 Å². The van der Waals surface area contributed by atoms with Gasteiger partial charge in [0.05, 0.1) is 16.7 Å². The second kappa shape index (κ2) is 8.94. The molecule has 0 N–H and O–H groups in total. The van der Waals surface area contributed by atoms with Crippen molar-refractivity contribution in [3.05, 3.63) is 71.1 Å². The number of carbonyl (C=O) groups excluding carboxylic acids is 1. The summed E-state index contributed by atoms with van der Waals surface area (Å²) in [6.07, 6.45) is 1.51. The van der Waals surface area contributed by atoms with Gasteiger partial charge in [-0.15, -0.1) is 0 Å². The maximum atomic E-state index is 13.4. The quantitative estimate of drug-likeness (QED) is 0.631. The summed E-state index contributed by atoms with van der Waals surface area (Å²) in [6.45, 7) is 6.15. The number of nitrogens with zero attached hydrogens (tertiary/aromatic N) is 2. The molecule has 31 heavy (non-hydrogen) atoms. The average Bonchev–Trinajstić information content (AvgIpc) is 3.09. The number of carbonyl (C=O) groups is 1. The lowest BCUT2D eigenvalue weighted by Crippen LogP contribution is -2.41. The number of sulfone groups is 1. The maximum Gasteiger partial charge on any atom is 0.258 e. The highest BCUT2D eigenvalue weighted by atomic mass is 32.2. The zero-order chi connectivity index (χ0) is 22.8. The van der Waals surface area contributed by atoms with Crippen molar-refractivity contribution in [2.45, 2.75) is 31.7 Å². The van der Waals surface area contributed by atoms with Crippen LogP contribution in [0, 0.1) is 6.92 Å². The van der Waals surface area contributed by atoms with E-state index in [1.165, 1.54) is 39.5 Å². The van der Waals surface area contributed by atoms with Gasteiger partial charge in [-0.25, -0.2) is 16.8 Å². The van der Waals surface area contributed by atoms with Crippen LogP contribution >= 0.6 is 0 Å². The molecule has 2 aromatic rings. The van der Waals surface area contributed by atoms with Crippen LogP contribution in [0.3, 0.4) is 0 Å². The molecule has 0 fully saturated rings. The van der Waals surface area contributed by atoms with E-state index in [1.807, 2.05) is 19.1 Å². The largest absolute Gasteiger partial charge is 0.300 e. The van der Waals surface area contributed by atoms with Gasteiger partial charge in [-0.3, -0.25) is 4.79 Å². The lowest BCUT2D eigenvalue weighted by Gasteiger charge is -2.28. The van der Waals surface area contributed by atoms with Crippen molar-refractivity contribution in [1.82, 2.24) is 4.31 Å². The first-order chi connectivity index (χ1) is 14.6. The van der Waals surface area contributed by atoms with E-state index in [0.29, 0.717) is 18.8 Å². The average molecular weight is 463 g/mol. The summed E-state index contributed by atoms with van der Waals surface area (Å²) in [6, 6.07) is 12.4. The summed E-state index contributed by atoms with van der Waals surface area (Å²) in [5.41, 5.74) is 1.86. The molecule has 0 radical (unpaired) electrons. The number of hydrogen-bond donors (Lipinski definition) is 0. The lowest BCUT2D eigenvalue weighted by molar-refractivity contribution is 0.0983. The summed E-state index contributed by atoms with van der Waals surface area (Å²) in [7, 11) is -7.01. The van der Waals surface area contributed by atoms with Crippen molar-refractivity contribution in [1.29, 1.82) is 0 Å². The van der Waals surface area contributed by atoms with Gasteiger partial charge in [0.1, 0.15) is 0 Å². The number of benzene rings is 2. The molecule has 1 aliphatic heterocycles. The van der Waals surface area contributed by atoms with Gasteiger partial charge < -0.3 is 4.90 Å². The van der Waals surface area contributed by atoms with Crippen LogP contribution in [0.5, 0.6) is 0 Å². The Balaban J connectivity index is 1.97. The summed E-state index contributed by atoms with van der Waals surface area (Å²) in [4.78, 5) is 14.9. The molecule has 1 amide bonds. The van der Waals surface area contributed by atoms with Crippen LogP contribution in [-0.4, -0.2) is 51.9 Å². The Morgan fingerprint density at radius 2 is 1.58 bits per heavy atom. The fourth-order valence-electron chi connectivity index (χ4n) is 3.51. The number of amides is 1. The number of anilines is 1. The molecule has 7 nitrogen and oxygen atoms in total. The predicted octanol–water partition coefficient (Wildman–Crippen LogP) is 2.98. The first-order valence-electron chi connectivity index (χ1n) is 10.0. The highest BCUT2D eigenvalue weighted by Gasteiger charge is 2.32. The number of rotatable bonds is 7. The third-order valence-electron chi connectivity index (χ3n) is 5.22. The number of aryl methyl sites for hydroxylation is 1. The Kier molecular flexibility index (Phi) is 6.68. The first kappa shape index (κ1) is 23.2. The SMILES string of the molecule is CCN(CC)S(=O)(=O)c1ccc(C(=O)N(c2ccc(C)cc2)[C@@H]2C=CS(=O)(=O)C2)cc1. The highest BCUT2D eigenvalue weighted by Crippen LogP contribution is 2.26. The predicted molar refractivity (Wildman–Crippen MR) is 121 cm³/mol. The molecule has 1 aliphatic rings. The van der Waals surface area contributed by atoms with Gasteiger partial charge >= 0.3 is 0 Å². The van der Waals surface area contributed by atoms with Gasteiger partial charge in [0.2, 0.25) is 10.0 Å². The smallest absolute Gasteiger partial charge is 0.258 e. The molecular formula is C22H26N2O5S2. The molecule has 1 atom stereocenters. The molecule has 1 heterocycles. The molecule has 0 saturated carbocycles. The molecule has 0 saturated heterocycles. The normalized spacial score (nSPS) is 17.7. The van der Waals surface area contributed by atoms with E-state index in [-0.39, 0.29) is 16.2 Å². The molecule has 166 valence electrons. The Bertz CT molecular complexity index is 1180. The second-order valence-electron chi connectivity index (χ2n) is 7.35. The Labute approximate surface area is 184 Å². The van der Waals surface area contributed by atoms with Crippen molar-refractivity contribution >= 4 is 31.5 Å². The van der Waals surface area contributed by atoms with Crippen molar-refractivity contribution < 1.29 is 21.6 Å². The lowest BCUT2D eigenvalue weighted by atomic mass is 10.1. The topological polar surface area (TPSA) is 91.8 Å². The van der Waals surface area contributed by atoms with E-state index in [4.69, 9.17) is 0 Å². The fraction of sp³-hybridized carbons (Fsp3) is 0.318. The molecule has 0 aliphatic carbocycles. The molecule has 2 aromatic carbocycles. The van der Waals surface area contributed by atoms with E-state index >= 15 is 0 Å². The van der Waals surface area contributed by atoms with Crippen LogP contribution in [0.2, 0.25) is 0 Å². The van der Waals surface area contributed by atoms with Gasteiger partial charge in [0.15, 0.2) is 9.84 Å². The van der Waals surface area contributed by atoms with Gasteiger partial charge in [0, 0.05) is 29.7 Å². The minimum atomic E-state index is -3.63. The maximum absolute atomic E-state index is 13.4. The van der Waals surface area contributed by atoms with E-state index < -0.39 is 31.8 Å². The second-order valence-corrected chi connectivity index (χ2v) is 11.2. The molecule has 3 rings (SSSR count). The van der Waals surface area contributed by atoms with Crippen molar-refractivity contribution in [2.75, 3.05) is 23.7 Å². The van der Waals surface area contributed by atoms with Crippen LogP contribution in [0.4, 0.5) is 5.69 Å². The molecule has 0 spiro atoms. The van der Waals surface area contributed by atoms with Crippen molar-refractivity contribution in [3.8, 4) is 0 Å². The van der Waals surface area contributed by atoms with Crippen LogP contribution in [0.1, 0.15) is 29.8 Å². The molecule has 0 aromatic heterocycles. The zero-order valence-corrected chi connectivity index (χ0v) is 19.4. The highest BCUT2D eigenvalue weighted by molar-refractivity contribution is 7.94. The summed E-state index contributed by atoms with van der Waals surface area (Å²) in [5, 5.41) is 1.13. The van der Waals surface area contributed by atoms with E-state index in [2.05, 4.69) is 0 Å². The summed E-state index contributed by atoms with van der Waals surface area (Å²) >= 11 is 0. The van der Waals surface area contributed by atoms with Gasteiger partial charge in [0.25, 0.3) is 5.91 Å². The monoisotopic (exact) mass is 462 g/mol. The Morgan fingerprint density at radius 1 is 1.00 bits per heavy atom. The zero-order valence-electron chi connectivity index (χ0n) is 17.7. The first-order valence-corrected chi connectivity index (χ1v) is 13.2. The van der Waals surface area contributed by atoms with Crippen molar-refractivity contribution in [3.63, 3.8) is 0 Å². The minimum absolute atomic E-state index is 0.109. The Morgan fingerprint density at radius 3 is 2.06 bits per heavy atom. The Hall–Kier alpha value is -2.49. The van der Waals surface area contributed by atoms with E-state index in [0.717, 1.165) is 11.0 Å².